The van der Waals surface area contributed by atoms with Gasteiger partial charge in [-0.15, -0.1) is 0 Å². The summed E-state index contributed by atoms with van der Waals surface area (Å²) < 4.78 is 1.27. The number of nitrogens with zero attached hydrogens (tertiary/aromatic N) is 2. The van der Waals surface area contributed by atoms with Crippen LogP contribution in [0.5, 0.6) is 0 Å². The lowest BCUT2D eigenvalue weighted by Crippen LogP contribution is -2.26. The molecule has 0 aromatic rings. The van der Waals surface area contributed by atoms with Crippen molar-refractivity contribution >= 4 is 29.6 Å². The maximum Gasteiger partial charge on any atom is 0.357 e. The quantitative estimate of drug-likeness (QED) is 0.612. The zero-order chi connectivity index (χ0) is 10.0. The second kappa shape index (κ2) is 3.48. The van der Waals surface area contributed by atoms with Gasteiger partial charge >= 0.3 is 11.9 Å². The van der Waals surface area contributed by atoms with Crippen molar-refractivity contribution in [3.63, 3.8) is 0 Å². The molecular weight excluding hydrogens is 196 g/mol. The average molecular weight is 202 g/mol. The van der Waals surface area contributed by atoms with Crippen LogP contribution in [-0.2, 0) is 9.59 Å². The first-order valence-electron chi connectivity index (χ1n) is 3.18. The Morgan fingerprint density at radius 1 is 1.46 bits per heavy atom. The van der Waals surface area contributed by atoms with E-state index in [-0.39, 0.29) is 5.57 Å². The number of aliphatic carboxylic acids is 2. The van der Waals surface area contributed by atoms with E-state index < -0.39 is 17.7 Å². The van der Waals surface area contributed by atoms with E-state index in [9.17, 15) is 9.59 Å². The van der Waals surface area contributed by atoms with E-state index in [2.05, 4.69) is 5.10 Å². The molecule has 6 nitrogen and oxygen atoms in total. The minimum atomic E-state index is -1.35. The van der Waals surface area contributed by atoms with Gasteiger partial charge in [0.1, 0.15) is 5.57 Å². The van der Waals surface area contributed by atoms with Gasteiger partial charge in [0, 0.05) is 12.5 Å². The van der Waals surface area contributed by atoms with Crippen LogP contribution in [0.4, 0.5) is 0 Å². The molecule has 0 fully saturated rings. The van der Waals surface area contributed by atoms with Gasteiger partial charge in [0.2, 0.25) is 0 Å². The van der Waals surface area contributed by atoms with Crippen molar-refractivity contribution in [1.29, 1.82) is 0 Å². The fraction of sp³-hybridized carbons (Fsp3) is 0.167. The number of hydrazone groups is 1. The molecular formula is C6H6N2O4S. The van der Waals surface area contributed by atoms with Crippen LogP contribution >= 0.6 is 11.9 Å². The summed E-state index contributed by atoms with van der Waals surface area (Å²) >= 11 is 1.02. The molecule has 0 spiro atoms. The summed E-state index contributed by atoms with van der Waals surface area (Å²) in [4.78, 5) is 21.1. The number of carbonyl (C=O) groups is 2. The molecule has 0 radical (unpaired) electrons. The van der Waals surface area contributed by atoms with E-state index >= 15 is 0 Å². The molecule has 0 bridgehead atoms. The van der Waals surface area contributed by atoms with Gasteiger partial charge in [0.05, 0.1) is 0 Å². The normalized spacial score (nSPS) is 16.2. The van der Waals surface area contributed by atoms with Gasteiger partial charge in [0.25, 0.3) is 0 Å². The van der Waals surface area contributed by atoms with Crippen molar-refractivity contribution in [2.45, 2.75) is 0 Å². The first-order chi connectivity index (χ1) is 6.02. The van der Waals surface area contributed by atoms with Gasteiger partial charge in [-0.3, -0.25) is 0 Å². The Balaban J connectivity index is 3.04. The largest absolute Gasteiger partial charge is 0.478 e. The van der Waals surface area contributed by atoms with Crippen molar-refractivity contribution in [1.82, 2.24) is 4.41 Å². The fourth-order valence-electron chi connectivity index (χ4n) is 0.713. The molecule has 0 atom stereocenters. The predicted octanol–water partition coefficient (Wildman–Crippen LogP) is -0.0109. The molecule has 0 saturated heterocycles. The van der Waals surface area contributed by atoms with Crippen LogP contribution in [0.1, 0.15) is 0 Å². The minimum absolute atomic E-state index is 0.296. The second-order valence-corrected chi connectivity index (χ2v) is 3.14. The van der Waals surface area contributed by atoms with E-state index in [0.29, 0.717) is 0 Å². The third-order valence-corrected chi connectivity index (χ3v) is 1.98. The van der Waals surface area contributed by atoms with E-state index in [1.54, 1.807) is 0 Å². The monoisotopic (exact) mass is 202 g/mol. The highest BCUT2D eigenvalue weighted by Gasteiger charge is 2.25. The predicted molar refractivity (Wildman–Crippen MR) is 46.1 cm³/mol. The topological polar surface area (TPSA) is 90.2 Å². The SMILES string of the molecule is CN1N=C(C(=O)O)C(C(=O)O)=CS1. The van der Waals surface area contributed by atoms with Crippen LogP contribution < -0.4 is 0 Å². The standard InChI is InChI=1S/C6H6N2O4S/c1-8-7-4(6(11)12)3(2-13-8)5(9)10/h2H,1H3,(H,9,10)(H,11,12). The molecule has 0 aromatic carbocycles. The summed E-state index contributed by atoms with van der Waals surface area (Å²) in [7, 11) is 1.53. The van der Waals surface area contributed by atoms with E-state index in [1.165, 1.54) is 16.9 Å². The molecule has 0 saturated carbocycles. The van der Waals surface area contributed by atoms with Crippen LogP contribution in [0.3, 0.4) is 0 Å². The molecule has 0 amide bonds. The summed E-state index contributed by atoms with van der Waals surface area (Å²) in [5.74, 6) is -2.64. The first-order valence-corrected chi connectivity index (χ1v) is 4.02. The zero-order valence-corrected chi connectivity index (χ0v) is 7.41. The van der Waals surface area contributed by atoms with Gasteiger partial charge in [-0.25, -0.2) is 14.0 Å². The number of hydrogen-bond acceptors (Lipinski definition) is 5. The van der Waals surface area contributed by atoms with Gasteiger partial charge in [-0.05, 0) is 11.9 Å². The van der Waals surface area contributed by atoms with Gasteiger partial charge in [-0.2, -0.15) is 5.10 Å². The molecule has 1 rings (SSSR count). The van der Waals surface area contributed by atoms with Gasteiger partial charge in [0.15, 0.2) is 5.71 Å². The molecule has 0 unspecified atom stereocenters. The minimum Gasteiger partial charge on any atom is -0.478 e. The lowest BCUT2D eigenvalue weighted by atomic mass is 10.2. The fourth-order valence-corrected chi connectivity index (χ4v) is 1.31. The smallest absolute Gasteiger partial charge is 0.357 e. The molecule has 1 aliphatic rings. The Morgan fingerprint density at radius 2 is 2.08 bits per heavy atom. The Labute approximate surface area is 77.7 Å². The maximum absolute atomic E-state index is 10.5. The van der Waals surface area contributed by atoms with Crippen molar-refractivity contribution < 1.29 is 19.8 Å². The molecule has 2 N–H and O–H groups in total. The summed E-state index contributed by atoms with van der Waals surface area (Å²) in [6, 6.07) is 0. The maximum atomic E-state index is 10.5. The number of carboxylic acids is 2. The van der Waals surface area contributed by atoms with Crippen LogP contribution in [0.25, 0.3) is 0 Å². The van der Waals surface area contributed by atoms with Crippen LogP contribution in [0, 0.1) is 0 Å². The third kappa shape index (κ3) is 2.00. The van der Waals surface area contributed by atoms with Gasteiger partial charge in [-0.1, -0.05) is 0 Å². The molecule has 0 aromatic heterocycles. The van der Waals surface area contributed by atoms with Crippen LogP contribution in [-0.4, -0.2) is 39.3 Å². The summed E-state index contributed by atoms with van der Waals surface area (Å²) in [6.45, 7) is 0. The number of rotatable bonds is 2. The molecule has 70 valence electrons. The zero-order valence-electron chi connectivity index (χ0n) is 6.59. The molecule has 1 heterocycles. The van der Waals surface area contributed by atoms with Crippen molar-refractivity contribution in [2.75, 3.05) is 7.05 Å². The number of hydrogen-bond donors (Lipinski definition) is 2. The lowest BCUT2D eigenvalue weighted by Gasteiger charge is -2.15. The first kappa shape index (κ1) is 9.59. The molecule has 13 heavy (non-hydrogen) atoms. The Kier molecular flexibility index (Phi) is 2.57. The van der Waals surface area contributed by atoms with Gasteiger partial charge < -0.3 is 10.2 Å². The summed E-state index contributed by atoms with van der Waals surface area (Å²) in [6.07, 6.45) is 0. The highest BCUT2D eigenvalue weighted by molar-refractivity contribution is 8.00. The van der Waals surface area contributed by atoms with Crippen molar-refractivity contribution in [2.24, 2.45) is 5.10 Å². The summed E-state index contributed by atoms with van der Waals surface area (Å²) in [5, 5.41) is 22.0. The van der Waals surface area contributed by atoms with Crippen LogP contribution in [0.2, 0.25) is 0 Å². The molecule has 0 aliphatic carbocycles. The van der Waals surface area contributed by atoms with E-state index in [0.717, 1.165) is 11.9 Å². The highest BCUT2D eigenvalue weighted by atomic mass is 32.2. The highest BCUT2D eigenvalue weighted by Crippen LogP contribution is 2.19. The third-order valence-electron chi connectivity index (χ3n) is 1.25. The number of carboxylic acid groups (broad SMARTS) is 2. The van der Waals surface area contributed by atoms with Crippen molar-refractivity contribution in [3.8, 4) is 0 Å². The Hall–Kier alpha value is -1.50. The second-order valence-electron chi connectivity index (χ2n) is 2.16. The van der Waals surface area contributed by atoms with Crippen LogP contribution in [0.15, 0.2) is 16.1 Å². The lowest BCUT2D eigenvalue weighted by molar-refractivity contribution is -0.133. The van der Waals surface area contributed by atoms with Crippen molar-refractivity contribution in [3.05, 3.63) is 11.0 Å². The van der Waals surface area contributed by atoms with E-state index in [1.807, 2.05) is 0 Å². The molecule has 7 heteroatoms. The average Bonchev–Trinajstić information content (AvgIpc) is 2.03. The van der Waals surface area contributed by atoms with E-state index in [4.69, 9.17) is 10.2 Å². The Morgan fingerprint density at radius 3 is 2.54 bits per heavy atom. The summed E-state index contributed by atoms with van der Waals surface area (Å²) in [5.41, 5.74) is -0.746. The Bertz CT molecular complexity index is 323. The molecule has 1 aliphatic heterocycles.